The predicted molar refractivity (Wildman–Crippen MR) is 137 cm³/mol. The van der Waals surface area contributed by atoms with E-state index in [1.807, 2.05) is 13.8 Å². The van der Waals surface area contributed by atoms with Crippen molar-refractivity contribution in [1.82, 2.24) is 10.2 Å². The molecule has 0 unspecified atom stereocenters. The van der Waals surface area contributed by atoms with Crippen LogP contribution in [0.1, 0.15) is 41.8 Å². The summed E-state index contributed by atoms with van der Waals surface area (Å²) < 4.78 is 5.13. The number of alkyl carbamates (subject to hydrolysis) is 1. The number of benzene rings is 1. The summed E-state index contributed by atoms with van der Waals surface area (Å²) in [7, 11) is 3.13. The van der Waals surface area contributed by atoms with Crippen LogP contribution in [0.3, 0.4) is 0 Å². The van der Waals surface area contributed by atoms with Crippen LogP contribution in [0.15, 0.2) is 34.8 Å². The van der Waals surface area contributed by atoms with Gasteiger partial charge in [-0.2, -0.15) is 0 Å². The minimum atomic E-state index is -2.69. The van der Waals surface area contributed by atoms with Crippen LogP contribution in [0.5, 0.6) is 5.75 Å². The molecule has 0 bridgehead atoms. The van der Waals surface area contributed by atoms with Gasteiger partial charge in [0.05, 0.1) is 18.2 Å². The number of nitrogens with zero attached hydrogens (tertiary/aromatic N) is 1. The van der Waals surface area contributed by atoms with Gasteiger partial charge in [-0.15, -0.1) is 0 Å². The molecule has 0 spiro atoms. The highest BCUT2D eigenvalue weighted by atomic mass is 16.5. The summed E-state index contributed by atoms with van der Waals surface area (Å²) in [6.07, 6.45) is -0.540. The Morgan fingerprint density at radius 3 is 2.46 bits per heavy atom. The van der Waals surface area contributed by atoms with E-state index in [2.05, 4.69) is 5.32 Å². The summed E-state index contributed by atoms with van der Waals surface area (Å²) >= 11 is 0. The molecular weight excluding hydrogens is 510 g/mol. The maximum Gasteiger partial charge on any atom is 0.407 e. The summed E-state index contributed by atoms with van der Waals surface area (Å²) in [5.74, 6) is -6.97. The number of hydrogen-bond acceptors (Lipinski definition) is 10. The summed E-state index contributed by atoms with van der Waals surface area (Å²) in [6, 6.07) is 1.78. The van der Waals surface area contributed by atoms with Crippen molar-refractivity contribution in [2.24, 2.45) is 23.5 Å². The zero-order chi connectivity index (χ0) is 29.0. The summed E-state index contributed by atoms with van der Waals surface area (Å²) in [6.45, 7) is 4.02. The number of likely N-dealkylation sites (N-methyl/N-ethyl adjacent to an activating group) is 1. The number of fused-ring (bicyclic) bond motifs is 3. The van der Waals surface area contributed by atoms with Gasteiger partial charge in [-0.25, -0.2) is 4.79 Å². The number of primary amides is 1. The van der Waals surface area contributed by atoms with E-state index in [0.717, 1.165) is 0 Å². The van der Waals surface area contributed by atoms with Crippen molar-refractivity contribution in [2.45, 2.75) is 44.9 Å². The van der Waals surface area contributed by atoms with Crippen LogP contribution in [0.4, 0.5) is 4.79 Å². The highest BCUT2D eigenvalue weighted by molar-refractivity contribution is 6.24. The van der Waals surface area contributed by atoms with Crippen molar-refractivity contribution in [3.05, 3.63) is 51.5 Å². The first kappa shape index (κ1) is 28.1. The van der Waals surface area contributed by atoms with Gasteiger partial charge in [0, 0.05) is 18.0 Å². The Labute approximate surface area is 224 Å². The molecule has 12 nitrogen and oxygen atoms in total. The number of nitrogens with two attached hydrogens (primary N) is 1. The number of rotatable bonds is 6. The summed E-state index contributed by atoms with van der Waals surface area (Å²) in [5.41, 5.74) is 2.40. The normalized spacial score (nSPS) is 26.4. The zero-order valence-corrected chi connectivity index (χ0v) is 22.1. The maximum atomic E-state index is 13.7. The number of aromatic hydroxyl groups is 1. The van der Waals surface area contributed by atoms with Gasteiger partial charge in [0.2, 0.25) is 5.78 Å². The van der Waals surface area contributed by atoms with Crippen LogP contribution >= 0.6 is 0 Å². The topological polar surface area (TPSA) is 200 Å². The molecule has 4 rings (SSSR count). The number of aliphatic hydroxyl groups is 3. The lowest BCUT2D eigenvalue weighted by atomic mass is 9.58. The Morgan fingerprint density at radius 1 is 1.21 bits per heavy atom. The number of hydrogen-bond donors (Lipinski definition) is 6. The molecule has 2 amide bonds. The maximum absolute atomic E-state index is 13.7. The van der Waals surface area contributed by atoms with Crippen molar-refractivity contribution < 1.29 is 44.3 Å². The molecule has 0 aliphatic heterocycles. The van der Waals surface area contributed by atoms with Crippen molar-refractivity contribution in [3.8, 4) is 5.75 Å². The number of allylic oxidation sites excluding steroid dienone is 1. The van der Waals surface area contributed by atoms with E-state index in [9.17, 15) is 39.6 Å². The van der Waals surface area contributed by atoms with Crippen LogP contribution in [0.25, 0.3) is 0 Å². The van der Waals surface area contributed by atoms with E-state index in [1.54, 1.807) is 20.2 Å². The molecule has 210 valence electrons. The van der Waals surface area contributed by atoms with Crippen LogP contribution in [0.2, 0.25) is 0 Å². The Kier molecular flexibility index (Phi) is 7.21. The molecule has 3 aliphatic rings. The van der Waals surface area contributed by atoms with Gasteiger partial charge in [0.15, 0.2) is 11.4 Å². The highest BCUT2D eigenvalue weighted by Crippen LogP contribution is 2.52. The Balaban J connectivity index is 1.78. The Morgan fingerprint density at radius 2 is 1.87 bits per heavy atom. The van der Waals surface area contributed by atoms with Crippen LogP contribution < -0.4 is 11.1 Å². The summed E-state index contributed by atoms with van der Waals surface area (Å²) in [5, 5.41) is 47.0. The molecule has 0 heterocycles. The second-order valence-corrected chi connectivity index (χ2v) is 10.9. The fourth-order valence-electron chi connectivity index (χ4n) is 5.94. The minimum Gasteiger partial charge on any atom is -0.510 e. The molecule has 0 aromatic heterocycles. The fraction of sp³-hybridized carbons (Fsp3) is 0.481. The number of nitrogens with one attached hydrogen (secondary N) is 1. The zero-order valence-electron chi connectivity index (χ0n) is 22.1. The Hall–Kier alpha value is -3.90. The smallest absolute Gasteiger partial charge is 0.407 e. The lowest BCUT2D eigenvalue weighted by Crippen LogP contribution is -2.63. The first-order valence-electron chi connectivity index (χ1n) is 12.6. The molecule has 0 radical (unpaired) electrons. The van der Waals surface area contributed by atoms with Gasteiger partial charge in [0.1, 0.15) is 22.8 Å². The molecule has 0 saturated heterocycles. The third kappa shape index (κ3) is 4.43. The first-order chi connectivity index (χ1) is 18.2. The largest absolute Gasteiger partial charge is 0.510 e. The van der Waals surface area contributed by atoms with Crippen LogP contribution in [0, 0.1) is 17.8 Å². The van der Waals surface area contributed by atoms with Gasteiger partial charge in [-0.1, -0.05) is 19.9 Å². The molecule has 0 fully saturated rings. The second kappa shape index (κ2) is 10.0. The number of Topliss-reactive ketones (excluding diaryl/α,β-unsaturated/α-hetero) is 2. The highest BCUT2D eigenvalue weighted by Gasteiger charge is 2.63. The molecule has 4 atom stereocenters. The average Bonchev–Trinajstić information content (AvgIpc) is 2.84. The lowest BCUT2D eigenvalue weighted by molar-refractivity contribution is -0.148. The molecule has 0 saturated carbocycles. The van der Waals surface area contributed by atoms with Crippen molar-refractivity contribution in [2.75, 3.05) is 20.7 Å². The minimum absolute atomic E-state index is 0.00223. The quantitative estimate of drug-likeness (QED) is 0.281. The van der Waals surface area contributed by atoms with Crippen molar-refractivity contribution in [3.63, 3.8) is 0 Å². The molecule has 3 aliphatic carbocycles. The van der Waals surface area contributed by atoms with Gasteiger partial charge < -0.3 is 36.2 Å². The fourth-order valence-corrected chi connectivity index (χ4v) is 5.94. The molecule has 1 aromatic rings. The Bertz CT molecular complexity index is 1330. The standard InChI is InChI=1S/C27H33N3O9/c1-11(2)10-39-26(37)29-9-12-5-6-16(31)18-14(12)7-13-8-15-20(30(3)4)22(33)19(25(28)36)24(35)27(15,38)23(34)17(13)21(18)32/h5-6,11,13,15,20,31,33-34,38H,7-10H2,1-4H3,(H2,28,36)(H,29,37)/t13-,15-,20-,27-/m1/s1. The number of phenols is 1. The molecule has 39 heavy (non-hydrogen) atoms. The van der Waals surface area contributed by atoms with E-state index in [0.29, 0.717) is 11.1 Å². The van der Waals surface area contributed by atoms with Crippen LogP contribution in [-0.4, -0.2) is 81.2 Å². The number of carbonyl (C=O) groups is 4. The van der Waals surface area contributed by atoms with Gasteiger partial charge >= 0.3 is 6.09 Å². The van der Waals surface area contributed by atoms with E-state index in [4.69, 9.17) is 10.5 Å². The van der Waals surface area contributed by atoms with Gasteiger partial charge in [-0.05, 0) is 56.0 Å². The second-order valence-electron chi connectivity index (χ2n) is 10.9. The van der Waals surface area contributed by atoms with E-state index in [-0.39, 0.29) is 48.8 Å². The monoisotopic (exact) mass is 543 g/mol. The number of phenolic OH excluding ortho intramolecular Hbond substituents is 1. The third-order valence-electron chi connectivity index (χ3n) is 7.67. The molecule has 7 N–H and O–H groups in total. The predicted octanol–water partition coefficient (Wildman–Crippen LogP) is 1.00. The average molecular weight is 544 g/mol. The molecule has 12 heteroatoms. The number of ketones is 2. The number of amides is 2. The van der Waals surface area contributed by atoms with E-state index < -0.39 is 64.1 Å². The van der Waals surface area contributed by atoms with Crippen molar-refractivity contribution >= 4 is 23.6 Å². The number of aliphatic hydroxyl groups excluding tert-OH is 2. The lowest BCUT2D eigenvalue weighted by Gasteiger charge is -2.50. The number of carbonyl (C=O) groups excluding carboxylic acids is 4. The van der Waals surface area contributed by atoms with Gasteiger partial charge in [0.25, 0.3) is 5.91 Å². The van der Waals surface area contributed by atoms with Crippen molar-refractivity contribution in [1.29, 1.82) is 0 Å². The van der Waals surface area contributed by atoms with E-state index in [1.165, 1.54) is 11.0 Å². The SMILES string of the molecule is CC(C)COC(=O)NCc1ccc(O)c2c1C[C@@H]1C[C@@H]3[C@@H](N(C)C)C(O)=C(C(N)=O)C(=O)[C@]3(O)C(O)=C1C2=O. The van der Waals surface area contributed by atoms with Gasteiger partial charge in [-0.3, -0.25) is 19.3 Å². The third-order valence-corrected chi connectivity index (χ3v) is 7.67. The van der Waals surface area contributed by atoms with E-state index >= 15 is 0 Å². The molecular formula is C27H33N3O9. The summed E-state index contributed by atoms with van der Waals surface area (Å²) in [4.78, 5) is 52.7. The number of ether oxygens (including phenoxy) is 1. The van der Waals surface area contributed by atoms with Crippen LogP contribution in [-0.2, 0) is 27.3 Å². The first-order valence-corrected chi connectivity index (χ1v) is 12.6. The molecule has 1 aromatic carbocycles.